The van der Waals surface area contributed by atoms with Gasteiger partial charge in [0.1, 0.15) is 6.61 Å². The molecule has 0 bridgehead atoms. The molecule has 0 saturated carbocycles. The molecular weight excluding hydrogens is 399 g/mol. The third kappa shape index (κ3) is 8.45. The van der Waals surface area contributed by atoms with Crippen LogP contribution in [0.1, 0.15) is 45.2 Å². The van der Waals surface area contributed by atoms with Gasteiger partial charge in [0.2, 0.25) is 5.91 Å². The highest BCUT2D eigenvalue weighted by atomic mass is 19.1. The van der Waals surface area contributed by atoms with E-state index in [1.165, 1.54) is 6.07 Å². The van der Waals surface area contributed by atoms with Crippen molar-refractivity contribution in [1.29, 1.82) is 0 Å². The largest absolute Gasteiger partial charge is 0.490 e. The fourth-order valence-electron chi connectivity index (χ4n) is 2.82. The summed E-state index contributed by atoms with van der Waals surface area (Å²) in [4.78, 5) is 12.2. The Morgan fingerprint density at radius 1 is 0.935 bits per heavy atom. The molecule has 2 aromatic carbocycles. The van der Waals surface area contributed by atoms with Crippen LogP contribution in [0.5, 0.6) is 17.2 Å². The summed E-state index contributed by atoms with van der Waals surface area (Å²) in [6, 6.07) is 11.8. The summed E-state index contributed by atoms with van der Waals surface area (Å²) in [5.41, 5.74) is 0.936. The third-order valence-corrected chi connectivity index (χ3v) is 4.43. The van der Waals surface area contributed by atoms with E-state index in [0.717, 1.165) is 18.4 Å². The van der Waals surface area contributed by atoms with Crippen LogP contribution in [0.4, 0.5) is 4.39 Å². The van der Waals surface area contributed by atoms with E-state index in [4.69, 9.17) is 14.2 Å². The number of carbonyl (C=O) groups excluding carboxylic acids is 1. The molecular formula is C24H33FN2O4. The first-order chi connectivity index (χ1) is 15.0. The molecule has 0 heterocycles. The number of para-hydroxylation sites is 1. The lowest BCUT2D eigenvalue weighted by Gasteiger charge is -2.18. The standard InChI is InChI=1S/C24H33FN2O4/c1-4-13-29-22-11-10-19(16-23(22)30-14-5-2)18(3)27-24(28)17-26-12-15-31-21-9-7-6-8-20(21)25/h6-11,16,18,26H,4-5,12-15,17H2,1-3H3,(H,27,28)/t18-/m0/s1. The maximum atomic E-state index is 13.5. The molecule has 0 saturated heterocycles. The molecule has 7 heteroatoms. The topological polar surface area (TPSA) is 68.8 Å². The molecule has 0 unspecified atom stereocenters. The minimum atomic E-state index is -0.400. The molecule has 0 radical (unpaired) electrons. The Morgan fingerprint density at radius 3 is 2.32 bits per heavy atom. The Kier molecular flexibility index (Phi) is 10.6. The molecule has 2 rings (SSSR count). The fraction of sp³-hybridized carbons (Fsp3) is 0.458. The van der Waals surface area contributed by atoms with E-state index in [2.05, 4.69) is 17.6 Å². The number of benzene rings is 2. The van der Waals surface area contributed by atoms with E-state index >= 15 is 0 Å². The van der Waals surface area contributed by atoms with Crippen molar-refractivity contribution in [1.82, 2.24) is 10.6 Å². The summed E-state index contributed by atoms with van der Waals surface area (Å²) in [6.07, 6.45) is 1.82. The second-order valence-corrected chi connectivity index (χ2v) is 7.15. The number of rotatable bonds is 14. The first-order valence-electron chi connectivity index (χ1n) is 10.8. The maximum Gasteiger partial charge on any atom is 0.234 e. The van der Waals surface area contributed by atoms with Crippen molar-refractivity contribution in [2.75, 3.05) is 32.9 Å². The van der Waals surface area contributed by atoms with Crippen LogP contribution in [0.25, 0.3) is 0 Å². The summed E-state index contributed by atoms with van der Waals surface area (Å²) in [6.45, 7) is 8.08. The molecule has 0 aliphatic heterocycles. The number of carbonyl (C=O) groups is 1. The van der Waals surface area contributed by atoms with Crippen molar-refractivity contribution >= 4 is 5.91 Å². The second kappa shape index (κ2) is 13.5. The Balaban J connectivity index is 1.79. The van der Waals surface area contributed by atoms with E-state index in [1.54, 1.807) is 18.2 Å². The number of hydrogen-bond acceptors (Lipinski definition) is 5. The molecule has 1 atom stereocenters. The lowest BCUT2D eigenvalue weighted by Crippen LogP contribution is -2.36. The highest BCUT2D eigenvalue weighted by Gasteiger charge is 2.13. The van der Waals surface area contributed by atoms with Gasteiger partial charge in [-0.2, -0.15) is 0 Å². The van der Waals surface area contributed by atoms with E-state index in [-0.39, 0.29) is 30.9 Å². The third-order valence-electron chi connectivity index (χ3n) is 4.43. The van der Waals surface area contributed by atoms with Crippen LogP contribution in [-0.2, 0) is 4.79 Å². The van der Waals surface area contributed by atoms with Gasteiger partial charge in [-0.3, -0.25) is 4.79 Å². The Morgan fingerprint density at radius 2 is 1.61 bits per heavy atom. The summed E-state index contributed by atoms with van der Waals surface area (Å²) >= 11 is 0. The number of halogens is 1. The number of amides is 1. The lowest BCUT2D eigenvalue weighted by atomic mass is 10.1. The van der Waals surface area contributed by atoms with Gasteiger partial charge in [0.25, 0.3) is 0 Å². The van der Waals surface area contributed by atoms with E-state index in [9.17, 15) is 9.18 Å². The average Bonchev–Trinajstić information content (AvgIpc) is 2.77. The van der Waals surface area contributed by atoms with Crippen LogP contribution < -0.4 is 24.8 Å². The van der Waals surface area contributed by atoms with Crippen LogP contribution in [0.2, 0.25) is 0 Å². The molecule has 0 fully saturated rings. The van der Waals surface area contributed by atoms with Crippen LogP contribution >= 0.6 is 0 Å². The van der Waals surface area contributed by atoms with Crippen molar-refractivity contribution in [2.45, 2.75) is 39.7 Å². The van der Waals surface area contributed by atoms with Crippen molar-refractivity contribution in [3.63, 3.8) is 0 Å². The van der Waals surface area contributed by atoms with Gasteiger partial charge in [-0.1, -0.05) is 32.0 Å². The van der Waals surface area contributed by atoms with Crippen molar-refractivity contribution in [2.24, 2.45) is 0 Å². The molecule has 0 aliphatic rings. The second-order valence-electron chi connectivity index (χ2n) is 7.15. The zero-order valence-corrected chi connectivity index (χ0v) is 18.6. The van der Waals surface area contributed by atoms with Crippen molar-refractivity contribution in [3.8, 4) is 17.2 Å². The molecule has 1 amide bonds. The van der Waals surface area contributed by atoms with E-state index in [0.29, 0.717) is 31.3 Å². The van der Waals surface area contributed by atoms with Crippen molar-refractivity contribution in [3.05, 3.63) is 53.8 Å². The van der Waals surface area contributed by atoms with Gasteiger partial charge in [-0.25, -0.2) is 4.39 Å². The van der Waals surface area contributed by atoms with Gasteiger partial charge in [-0.05, 0) is 49.6 Å². The predicted molar refractivity (Wildman–Crippen MR) is 119 cm³/mol. The summed E-state index contributed by atoms with van der Waals surface area (Å²) < 4.78 is 30.4. The predicted octanol–water partition coefficient (Wildman–Crippen LogP) is 4.25. The van der Waals surface area contributed by atoms with Gasteiger partial charge in [0, 0.05) is 6.54 Å². The summed E-state index contributed by atoms with van der Waals surface area (Å²) in [5, 5.41) is 5.96. The zero-order valence-electron chi connectivity index (χ0n) is 18.6. The van der Waals surface area contributed by atoms with Crippen LogP contribution in [0, 0.1) is 5.82 Å². The minimum Gasteiger partial charge on any atom is -0.490 e. The molecule has 0 aliphatic carbocycles. The molecule has 31 heavy (non-hydrogen) atoms. The van der Waals surface area contributed by atoms with Crippen LogP contribution in [-0.4, -0.2) is 38.8 Å². The highest BCUT2D eigenvalue weighted by molar-refractivity contribution is 5.78. The van der Waals surface area contributed by atoms with Crippen LogP contribution in [0.3, 0.4) is 0 Å². The maximum absolute atomic E-state index is 13.5. The fourth-order valence-corrected chi connectivity index (χ4v) is 2.82. The summed E-state index contributed by atoms with van der Waals surface area (Å²) in [7, 11) is 0. The minimum absolute atomic E-state index is 0.138. The van der Waals surface area contributed by atoms with E-state index in [1.807, 2.05) is 32.0 Å². The molecule has 2 N–H and O–H groups in total. The van der Waals surface area contributed by atoms with Gasteiger partial charge in [0.05, 0.1) is 25.8 Å². The number of ether oxygens (including phenoxy) is 3. The van der Waals surface area contributed by atoms with E-state index < -0.39 is 5.82 Å². The first kappa shape index (κ1) is 24.5. The smallest absolute Gasteiger partial charge is 0.234 e. The molecule has 2 aromatic rings. The van der Waals surface area contributed by atoms with Gasteiger partial charge in [0.15, 0.2) is 23.1 Å². The van der Waals surface area contributed by atoms with Gasteiger partial charge >= 0.3 is 0 Å². The molecule has 0 aromatic heterocycles. The normalized spacial score (nSPS) is 11.6. The Hall–Kier alpha value is -2.80. The Labute approximate surface area is 184 Å². The summed E-state index contributed by atoms with van der Waals surface area (Å²) in [5.74, 6) is 1.07. The monoisotopic (exact) mass is 432 g/mol. The number of hydrogen-bond donors (Lipinski definition) is 2. The van der Waals surface area contributed by atoms with Crippen molar-refractivity contribution < 1.29 is 23.4 Å². The Bertz CT molecular complexity index is 816. The number of nitrogens with one attached hydrogen (secondary N) is 2. The highest BCUT2D eigenvalue weighted by Crippen LogP contribution is 2.31. The first-order valence-corrected chi connectivity index (χ1v) is 10.8. The quantitative estimate of drug-likeness (QED) is 0.437. The van der Waals surface area contributed by atoms with Crippen LogP contribution in [0.15, 0.2) is 42.5 Å². The van der Waals surface area contributed by atoms with Gasteiger partial charge < -0.3 is 24.8 Å². The lowest BCUT2D eigenvalue weighted by molar-refractivity contribution is -0.120. The molecule has 170 valence electrons. The average molecular weight is 433 g/mol. The van der Waals surface area contributed by atoms with Gasteiger partial charge in [-0.15, -0.1) is 0 Å². The molecule has 6 nitrogen and oxygen atoms in total. The zero-order chi connectivity index (χ0) is 22.5. The SMILES string of the molecule is CCCOc1ccc([C@H](C)NC(=O)CNCCOc2ccccc2F)cc1OCCC. The molecule has 0 spiro atoms.